The fraction of sp³-hybridized carbons (Fsp3) is 0.714. The van der Waals surface area contributed by atoms with Crippen LogP contribution in [0.4, 0.5) is 0 Å². The lowest BCUT2D eigenvalue weighted by atomic mass is 10.2. The van der Waals surface area contributed by atoms with E-state index in [1.54, 1.807) is 5.37 Å². The summed E-state index contributed by atoms with van der Waals surface area (Å²) in [6.45, 7) is 2.21. The highest BCUT2D eigenvalue weighted by atomic mass is 32.1. The lowest BCUT2D eigenvalue weighted by Crippen LogP contribution is -1.76. The molecule has 0 aliphatic heterocycles. The molecule has 0 rings (SSSR count). The second-order valence-electron chi connectivity index (χ2n) is 1.87. The molecule has 47 valence electrons. The van der Waals surface area contributed by atoms with E-state index < -0.39 is 0 Å². The van der Waals surface area contributed by atoms with Crippen molar-refractivity contribution < 1.29 is 0 Å². The molecule has 0 fully saturated rings. The molecule has 0 spiro atoms. The summed E-state index contributed by atoms with van der Waals surface area (Å²) in [6, 6.07) is 0. The van der Waals surface area contributed by atoms with Gasteiger partial charge in [0.1, 0.15) is 0 Å². The van der Waals surface area contributed by atoms with Crippen LogP contribution in [-0.2, 0) is 0 Å². The van der Waals surface area contributed by atoms with E-state index in [2.05, 4.69) is 19.1 Å². The van der Waals surface area contributed by atoms with Gasteiger partial charge in [-0.3, -0.25) is 0 Å². The van der Waals surface area contributed by atoms with E-state index >= 15 is 0 Å². The summed E-state index contributed by atoms with van der Waals surface area (Å²) in [5.74, 6) is 0. The van der Waals surface area contributed by atoms with Crippen LogP contribution in [0.1, 0.15) is 32.6 Å². The van der Waals surface area contributed by atoms with Crippen LogP contribution >= 0.6 is 12.2 Å². The van der Waals surface area contributed by atoms with Gasteiger partial charge in [-0.1, -0.05) is 38.4 Å². The summed E-state index contributed by atoms with van der Waals surface area (Å²) in [5.41, 5.74) is 0. The molecule has 0 aliphatic carbocycles. The standard InChI is InChI=1S/C7H13S/c1-2-3-4-5-6-7-8/h6-7H,2-5H2,1H3. The third kappa shape index (κ3) is 6.09. The minimum absolute atomic E-state index is 1.16. The highest BCUT2D eigenvalue weighted by Gasteiger charge is 1.82. The Morgan fingerprint density at radius 1 is 1.38 bits per heavy atom. The normalized spacial score (nSPS) is 9.12. The summed E-state index contributed by atoms with van der Waals surface area (Å²) in [4.78, 5) is 0. The van der Waals surface area contributed by atoms with Crippen LogP contribution in [0.2, 0.25) is 0 Å². The zero-order valence-electron chi connectivity index (χ0n) is 5.39. The van der Waals surface area contributed by atoms with Crippen LogP contribution < -0.4 is 0 Å². The number of hydrogen-bond acceptors (Lipinski definition) is 1. The van der Waals surface area contributed by atoms with Crippen LogP contribution in [0, 0.1) is 6.42 Å². The molecule has 0 bridgehead atoms. The molecule has 0 unspecified atom stereocenters. The van der Waals surface area contributed by atoms with E-state index in [1.165, 1.54) is 19.3 Å². The van der Waals surface area contributed by atoms with E-state index in [-0.39, 0.29) is 0 Å². The maximum atomic E-state index is 4.62. The van der Waals surface area contributed by atoms with E-state index in [4.69, 9.17) is 0 Å². The summed E-state index contributed by atoms with van der Waals surface area (Å²) < 4.78 is 0. The lowest BCUT2D eigenvalue weighted by Gasteiger charge is -1.90. The Balaban J connectivity index is 2.62. The highest BCUT2D eigenvalue weighted by molar-refractivity contribution is 7.79. The molecule has 8 heavy (non-hydrogen) atoms. The van der Waals surface area contributed by atoms with E-state index in [0.29, 0.717) is 0 Å². The quantitative estimate of drug-likeness (QED) is 0.406. The van der Waals surface area contributed by atoms with Crippen LogP contribution in [0.25, 0.3) is 0 Å². The molecule has 0 aromatic heterocycles. The number of thiocarbonyl (C=S) groups is 1. The van der Waals surface area contributed by atoms with Crippen molar-refractivity contribution in [2.75, 3.05) is 0 Å². The van der Waals surface area contributed by atoms with Crippen LogP contribution in [-0.4, -0.2) is 5.37 Å². The summed E-state index contributed by atoms with van der Waals surface area (Å²) in [5, 5.41) is 1.70. The summed E-state index contributed by atoms with van der Waals surface area (Å²) in [7, 11) is 0. The third-order valence-electron chi connectivity index (χ3n) is 1.07. The fourth-order valence-electron chi connectivity index (χ4n) is 0.580. The van der Waals surface area contributed by atoms with Gasteiger partial charge in [-0.05, 0) is 18.2 Å². The molecule has 0 N–H and O–H groups in total. The Morgan fingerprint density at radius 2 is 2.12 bits per heavy atom. The van der Waals surface area contributed by atoms with Gasteiger partial charge in [-0.15, -0.1) is 0 Å². The van der Waals surface area contributed by atoms with E-state index in [0.717, 1.165) is 6.42 Å². The third-order valence-corrected chi connectivity index (χ3v) is 1.26. The van der Waals surface area contributed by atoms with Crippen molar-refractivity contribution in [2.45, 2.75) is 32.6 Å². The van der Waals surface area contributed by atoms with Crippen LogP contribution in [0.3, 0.4) is 0 Å². The van der Waals surface area contributed by atoms with Crippen LogP contribution in [0.5, 0.6) is 0 Å². The first kappa shape index (κ1) is 8.09. The first-order chi connectivity index (χ1) is 3.91. The molecule has 1 heteroatoms. The Hall–Kier alpha value is 0.0900. The second kappa shape index (κ2) is 7.09. The summed E-state index contributed by atoms with van der Waals surface area (Å²) >= 11 is 4.62. The molecule has 0 aliphatic rings. The van der Waals surface area contributed by atoms with Gasteiger partial charge in [0.2, 0.25) is 0 Å². The first-order valence-electron chi connectivity index (χ1n) is 3.18. The van der Waals surface area contributed by atoms with Crippen molar-refractivity contribution in [3.63, 3.8) is 0 Å². The van der Waals surface area contributed by atoms with Gasteiger partial charge in [-0.2, -0.15) is 0 Å². The summed E-state index contributed by atoms with van der Waals surface area (Å²) in [6.07, 6.45) is 7.14. The van der Waals surface area contributed by atoms with Gasteiger partial charge in [0.05, 0.1) is 0 Å². The van der Waals surface area contributed by atoms with Crippen molar-refractivity contribution in [1.29, 1.82) is 0 Å². The van der Waals surface area contributed by atoms with Gasteiger partial charge in [-0.25, -0.2) is 0 Å². The van der Waals surface area contributed by atoms with Gasteiger partial charge >= 0.3 is 0 Å². The molecule has 0 nitrogen and oxygen atoms in total. The van der Waals surface area contributed by atoms with Crippen molar-refractivity contribution in [1.82, 2.24) is 0 Å². The average Bonchev–Trinajstić information content (AvgIpc) is 1.81. The highest BCUT2D eigenvalue weighted by Crippen LogP contribution is 1.99. The van der Waals surface area contributed by atoms with Crippen molar-refractivity contribution in [3.05, 3.63) is 6.42 Å². The van der Waals surface area contributed by atoms with E-state index in [1.807, 2.05) is 6.42 Å². The van der Waals surface area contributed by atoms with Crippen molar-refractivity contribution >= 4 is 17.6 Å². The Labute approximate surface area is 57.3 Å². The SMILES string of the molecule is CCCCC[CH]C=S. The largest absolute Gasteiger partial charge is 0.0932 e. The zero-order chi connectivity index (χ0) is 6.24. The fourth-order valence-corrected chi connectivity index (χ4v) is 0.716. The lowest BCUT2D eigenvalue weighted by molar-refractivity contribution is 0.722. The van der Waals surface area contributed by atoms with Gasteiger partial charge in [0.15, 0.2) is 0 Å². The maximum Gasteiger partial charge on any atom is -0.00574 e. The molecule has 1 radical (unpaired) electrons. The van der Waals surface area contributed by atoms with E-state index in [9.17, 15) is 0 Å². The monoisotopic (exact) mass is 129 g/mol. The topological polar surface area (TPSA) is 0 Å². The van der Waals surface area contributed by atoms with Gasteiger partial charge in [0.25, 0.3) is 0 Å². The Kier molecular flexibility index (Phi) is 7.17. The second-order valence-corrected chi connectivity index (χ2v) is 2.14. The molecule has 0 saturated heterocycles. The number of unbranched alkanes of at least 4 members (excludes halogenated alkanes) is 4. The molecular formula is C7H13S. The number of rotatable bonds is 5. The van der Waals surface area contributed by atoms with Gasteiger partial charge < -0.3 is 0 Å². The zero-order valence-corrected chi connectivity index (χ0v) is 6.21. The van der Waals surface area contributed by atoms with Crippen LogP contribution in [0.15, 0.2) is 0 Å². The Bertz CT molecular complexity index is 50.3. The molecule has 0 aromatic rings. The molecule has 0 atom stereocenters. The van der Waals surface area contributed by atoms with Gasteiger partial charge in [0, 0.05) is 0 Å². The molecular weight excluding hydrogens is 116 g/mol. The molecule has 0 amide bonds. The Morgan fingerprint density at radius 3 is 2.62 bits per heavy atom. The van der Waals surface area contributed by atoms with Crippen molar-refractivity contribution in [2.24, 2.45) is 0 Å². The molecule has 0 heterocycles. The maximum absolute atomic E-state index is 4.62. The minimum atomic E-state index is 1.16. The smallest absolute Gasteiger partial charge is 0.00574 e. The molecule has 0 aromatic carbocycles. The first-order valence-corrected chi connectivity index (χ1v) is 3.66. The predicted molar refractivity (Wildman–Crippen MR) is 42.1 cm³/mol. The molecule has 0 saturated carbocycles. The number of hydrogen-bond donors (Lipinski definition) is 0. The average molecular weight is 129 g/mol. The van der Waals surface area contributed by atoms with Crippen molar-refractivity contribution in [3.8, 4) is 0 Å². The predicted octanol–water partition coefficient (Wildman–Crippen LogP) is 2.77. The minimum Gasteiger partial charge on any atom is -0.0932 e.